The molecule has 0 aromatic heterocycles. The summed E-state index contributed by atoms with van der Waals surface area (Å²) in [7, 11) is 0. The summed E-state index contributed by atoms with van der Waals surface area (Å²) in [6.45, 7) is 4.82. The second kappa shape index (κ2) is 9.81. The molecule has 1 amide bonds. The molecule has 3 rings (SSSR count). The van der Waals surface area contributed by atoms with Gasteiger partial charge in [0.15, 0.2) is 5.17 Å². The number of thioether (sulfide) groups is 2. The van der Waals surface area contributed by atoms with Crippen molar-refractivity contribution in [3.8, 4) is 0 Å². The minimum atomic E-state index is 0.0390. The zero-order valence-electron chi connectivity index (χ0n) is 16.2. The Bertz CT molecular complexity index is 902. The van der Waals surface area contributed by atoms with Gasteiger partial charge in [-0.05, 0) is 91.1 Å². The normalized spacial score (nSPS) is 17.1. The maximum atomic E-state index is 13.0. The molecule has 1 aliphatic heterocycles. The molecule has 146 valence electrons. The lowest BCUT2D eigenvalue weighted by atomic mass is 10.1. The highest BCUT2D eigenvalue weighted by molar-refractivity contribution is 9.10. The molecule has 2 aromatic rings. The van der Waals surface area contributed by atoms with Crippen LogP contribution in [0, 0.1) is 13.8 Å². The molecule has 0 spiro atoms. The van der Waals surface area contributed by atoms with Crippen molar-refractivity contribution in [2.75, 3.05) is 18.6 Å². The van der Waals surface area contributed by atoms with Crippen LogP contribution in [0.5, 0.6) is 0 Å². The zero-order valence-corrected chi connectivity index (χ0v) is 19.5. The third kappa shape index (κ3) is 5.52. The summed E-state index contributed by atoms with van der Waals surface area (Å²) >= 11 is 6.71. The Morgan fingerprint density at radius 2 is 1.82 bits per heavy atom. The number of amidine groups is 1. The summed E-state index contributed by atoms with van der Waals surface area (Å²) in [4.78, 5) is 20.4. The van der Waals surface area contributed by atoms with Crippen molar-refractivity contribution < 1.29 is 4.79 Å². The first kappa shape index (κ1) is 21.2. The molecule has 1 heterocycles. The monoisotopic (exact) mass is 474 g/mol. The van der Waals surface area contributed by atoms with Gasteiger partial charge in [0, 0.05) is 11.0 Å². The van der Waals surface area contributed by atoms with Crippen LogP contribution < -0.4 is 0 Å². The number of aryl methyl sites for hydroxylation is 2. The van der Waals surface area contributed by atoms with Crippen molar-refractivity contribution in [3.63, 3.8) is 0 Å². The standard InChI is InChI=1S/C22H23BrN2OS2/c1-15-11-16(2)13-19(12-15)24-22-25(9-4-10-27-3)21(26)20(28-22)14-17-5-7-18(23)8-6-17/h5-8,11-14H,4,9-10H2,1-3H3. The van der Waals surface area contributed by atoms with E-state index in [1.54, 1.807) is 11.8 Å². The number of carbonyl (C=O) groups is 1. The van der Waals surface area contributed by atoms with Gasteiger partial charge in [-0.2, -0.15) is 11.8 Å². The Kier molecular flexibility index (Phi) is 7.43. The summed E-state index contributed by atoms with van der Waals surface area (Å²) in [5, 5.41) is 0.763. The van der Waals surface area contributed by atoms with Crippen LogP contribution in [-0.4, -0.2) is 34.5 Å². The molecule has 0 aliphatic carbocycles. The largest absolute Gasteiger partial charge is 0.286 e. The van der Waals surface area contributed by atoms with E-state index in [1.165, 1.54) is 22.9 Å². The van der Waals surface area contributed by atoms with E-state index in [9.17, 15) is 4.79 Å². The van der Waals surface area contributed by atoms with E-state index in [4.69, 9.17) is 4.99 Å². The lowest BCUT2D eigenvalue weighted by Gasteiger charge is -2.15. The fraction of sp³-hybridized carbons (Fsp3) is 0.273. The Hall–Kier alpha value is -1.50. The number of nitrogens with zero attached hydrogens (tertiary/aromatic N) is 2. The number of benzene rings is 2. The van der Waals surface area contributed by atoms with Gasteiger partial charge < -0.3 is 0 Å². The van der Waals surface area contributed by atoms with Crippen molar-refractivity contribution in [2.45, 2.75) is 20.3 Å². The average Bonchev–Trinajstić information content (AvgIpc) is 2.92. The fourth-order valence-electron chi connectivity index (χ4n) is 2.99. The molecule has 0 atom stereocenters. The topological polar surface area (TPSA) is 32.7 Å². The van der Waals surface area contributed by atoms with E-state index >= 15 is 0 Å². The van der Waals surface area contributed by atoms with Gasteiger partial charge in [0.2, 0.25) is 0 Å². The molecule has 1 fully saturated rings. The minimum Gasteiger partial charge on any atom is -0.286 e. The molecule has 0 N–H and O–H groups in total. The van der Waals surface area contributed by atoms with Crippen LogP contribution in [-0.2, 0) is 4.79 Å². The maximum absolute atomic E-state index is 13.0. The highest BCUT2D eigenvalue weighted by Gasteiger charge is 2.33. The lowest BCUT2D eigenvalue weighted by molar-refractivity contribution is -0.122. The van der Waals surface area contributed by atoms with E-state index < -0.39 is 0 Å². The number of hydrogen-bond donors (Lipinski definition) is 0. The molecule has 3 nitrogen and oxygen atoms in total. The van der Waals surface area contributed by atoms with Crippen molar-refractivity contribution in [1.29, 1.82) is 0 Å². The number of halogens is 1. The second-order valence-electron chi connectivity index (χ2n) is 6.71. The van der Waals surface area contributed by atoms with Gasteiger partial charge in [-0.15, -0.1) is 0 Å². The fourth-order valence-corrected chi connectivity index (χ4v) is 4.70. The number of amides is 1. The molecule has 0 saturated carbocycles. The van der Waals surface area contributed by atoms with Crippen LogP contribution in [0.2, 0.25) is 0 Å². The van der Waals surface area contributed by atoms with E-state index in [0.29, 0.717) is 6.54 Å². The maximum Gasteiger partial charge on any atom is 0.266 e. The summed E-state index contributed by atoms with van der Waals surface area (Å²) in [6.07, 6.45) is 4.99. The van der Waals surface area contributed by atoms with Crippen molar-refractivity contribution in [1.82, 2.24) is 4.90 Å². The van der Waals surface area contributed by atoms with Gasteiger partial charge in [0.05, 0.1) is 10.6 Å². The third-order valence-electron chi connectivity index (χ3n) is 4.22. The molecule has 6 heteroatoms. The van der Waals surface area contributed by atoms with E-state index in [0.717, 1.165) is 38.0 Å². The third-order valence-corrected chi connectivity index (χ3v) is 6.45. The first-order valence-electron chi connectivity index (χ1n) is 9.09. The van der Waals surface area contributed by atoms with Crippen molar-refractivity contribution >= 4 is 62.3 Å². The zero-order chi connectivity index (χ0) is 20.1. The molecular weight excluding hydrogens is 452 g/mol. The van der Waals surface area contributed by atoms with Gasteiger partial charge >= 0.3 is 0 Å². The SMILES string of the molecule is CSCCCN1C(=O)C(=Cc2ccc(Br)cc2)SC1=Nc1cc(C)cc(C)c1. The quantitative estimate of drug-likeness (QED) is 0.357. The van der Waals surface area contributed by atoms with E-state index in [1.807, 2.05) is 35.2 Å². The second-order valence-corrected chi connectivity index (χ2v) is 9.62. The first-order valence-corrected chi connectivity index (χ1v) is 12.1. The van der Waals surface area contributed by atoms with Gasteiger partial charge in [0.1, 0.15) is 0 Å². The summed E-state index contributed by atoms with van der Waals surface area (Å²) in [5.41, 5.74) is 4.25. The smallest absolute Gasteiger partial charge is 0.266 e. The molecular formula is C22H23BrN2OS2. The minimum absolute atomic E-state index is 0.0390. The Morgan fingerprint density at radius 3 is 2.46 bits per heavy atom. The molecule has 1 aliphatic rings. The van der Waals surface area contributed by atoms with Gasteiger partial charge in [0.25, 0.3) is 5.91 Å². The molecule has 0 radical (unpaired) electrons. The number of hydrogen-bond acceptors (Lipinski definition) is 4. The van der Waals surface area contributed by atoms with Gasteiger partial charge in [-0.1, -0.05) is 34.1 Å². The van der Waals surface area contributed by atoms with E-state index in [-0.39, 0.29) is 5.91 Å². The van der Waals surface area contributed by atoms with Gasteiger partial charge in [-0.25, -0.2) is 4.99 Å². The van der Waals surface area contributed by atoms with Crippen molar-refractivity contribution in [3.05, 3.63) is 68.5 Å². The van der Waals surface area contributed by atoms with Crippen LogP contribution in [0.4, 0.5) is 5.69 Å². The Labute approximate surface area is 183 Å². The van der Waals surface area contributed by atoms with E-state index in [2.05, 4.69) is 54.2 Å². The molecule has 2 aromatic carbocycles. The lowest BCUT2D eigenvalue weighted by Crippen LogP contribution is -2.30. The molecule has 0 unspecified atom stereocenters. The van der Waals surface area contributed by atoms with Crippen LogP contribution in [0.15, 0.2) is 56.8 Å². The molecule has 0 bridgehead atoms. The first-order chi connectivity index (χ1) is 13.5. The number of aliphatic imine (C=N–C) groups is 1. The van der Waals surface area contributed by atoms with Crippen LogP contribution in [0.1, 0.15) is 23.1 Å². The van der Waals surface area contributed by atoms with Crippen LogP contribution >= 0.6 is 39.5 Å². The van der Waals surface area contributed by atoms with Crippen molar-refractivity contribution in [2.24, 2.45) is 4.99 Å². The highest BCUT2D eigenvalue weighted by atomic mass is 79.9. The predicted octanol–water partition coefficient (Wildman–Crippen LogP) is 6.42. The number of carbonyl (C=O) groups excluding carboxylic acids is 1. The Morgan fingerprint density at radius 1 is 1.14 bits per heavy atom. The summed E-state index contributed by atoms with van der Waals surface area (Å²) in [5.74, 6) is 1.06. The average molecular weight is 475 g/mol. The Balaban J connectivity index is 1.92. The summed E-state index contributed by atoms with van der Waals surface area (Å²) < 4.78 is 1.02. The number of rotatable bonds is 6. The summed E-state index contributed by atoms with van der Waals surface area (Å²) in [6, 6.07) is 14.2. The predicted molar refractivity (Wildman–Crippen MR) is 127 cm³/mol. The van der Waals surface area contributed by atoms with Crippen LogP contribution in [0.3, 0.4) is 0 Å². The highest BCUT2D eigenvalue weighted by Crippen LogP contribution is 2.34. The van der Waals surface area contributed by atoms with Gasteiger partial charge in [-0.3, -0.25) is 9.69 Å². The van der Waals surface area contributed by atoms with Crippen LogP contribution in [0.25, 0.3) is 6.08 Å². The molecule has 1 saturated heterocycles. The molecule has 28 heavy (non-hydrogen) atoms.